The fourth-order valence-corrected chi connectivity index (χ4v) is 3.01. The van der Waals surface area contributed by atoms with Crippen LogP contribution in [0.5, 0.6) is 0 Å². The number of benzene rings is 2. The van der Waals surface area contributed by atoms with Crippen molar-refractivity contribution < 1.29 is 4.79 Å². The Hall–Kier alpha value is -0.880. The topological polar surface area (TPSA) is 29.1 Å². The maximum Gasteiger partial charge on any atom is 0.228 e. The van der Waals surface area contributed by atoms with Gasteiger partial charge in [0.2, 0.25) is 5.91 Å². The summed E-state index contributed by atoms with van der Waals surface area (Å²) in [4.78, 5) is 11.9. The maximum atomic E-state index is 11.9. The van der Waals surface area contributed by atoms with Crippen LogP contribution in [0.1, 0.15) is 5.56 Å². The zero-order valence-corrected chi connectivity index (χ0v) is 13.2. The molecule has 1 amide bonds. The maximum absolute atomic E-state index is 11.9. The summed E-state index contributed by atoms with van der Waals surface area (Å²) in [5.74, 6) is 0.00133. The summed E-state index contributed by atoms with van der Waals surface area (Å²) in [5.41, 5.74) is 1.86. The third-order valence-corrected chi connectivity index (χ3v) is 3.80. The lowest BCUT2D eigenvalue weighted by Gasteiger charge is -2.07. The number of halogens is 2. The van der Waals surface area contributed by atoms with E-state index in [9.17, 15) is 4.79 Å². The lowest BCUT2D eigenvalue weighted by Crippen LogP contribution is -2.15. The van der Waals surface area contributed by atoms with Crippen LogP contribution in [-0.2, 0) is 11.2 Å². The molecule has 0 aliphatic carbocycles. The first-order valence-corrected chi connectivity index (χ1v) is 7.31. The fraction of sp³-hybridized carbons (Fsp3) is 0.0714. The van der Waals surface area contributed by atoms with Crippen LogP contribution >= 0.6 is 38.5 Å². The minimum absolute atomic E-state index is 0.00133. The van der Waals surface area contributed by atoms with Gasteiger partial charge in [0.1, 0.15) is 0 Å². The van der Waals surface area contributed by atoms with Crippen LogP contribution in [0.4, 0.5) is 5.69 Å². The molecule has 0 radical (unpaired) electrons. The summed E-state index contributed by atoms with van der Waals surface area (Å²) in [6.45, 7) is 0. The van der Waals surface area contributed by atoms with E-state index in [-0.39, 0.29) is 5.91 Å². The molecule has 0 heterocycles. The summed E-state index contributed by atoms with van der Waals surface area (Å²) in [6.07, 6.45) is 0.396. The summed E-state index contributed by atoms with van der Waals surface area (Å²) in [6, 6.07) is 15.5. The van der Waals surface area contributed by atoms with Crippen molar-refractivity contribution in [2.75, 3.05) is 5.32 Å². The van der Waals surface area contributed by atoms with Crippen LogP contribution in [0.3, 0.4) is 0 Å². The van der Waals surface area contributed by atoms with Crippen molar-refractivity contribution in [2.45, 2.75) is 6.42 Å². The van der Waals surface area contributed by atoms with Crippen molar-refractivity contribution in [1.29, 1.82) is 0 Å². The molecule has 4 heteroatoms. The van der Waals surface area contributed by atoms with Gasteiger partial charge < -0.3 is 5.32 Å². The highest BCUT2D eigenvalue weighted by atomic mass is 127. The van der Waals surface area contributed by atoms with Crippen molar-refractivity contribution in [3.8, 4) is 0 Å². The number of nitrogens with one attached hydrogen (secondary N) is 1. The largest absolute Gasteiger partial charge is 0.325 e. The zero-order chi connectivity index (χ0) is 13.0. The lowest BCUT2D eigenvalue weighted by atomic mass is 10.1. The number of hydrogen-bond acceptors (Lipinski definition) is 1. The number of rotatable bonds is 3. The molecule has 0 bridgehead atoms. The number of anilines is 1. The second kappa shape index (κ2) is 6.33. The second-order valence-corrected chi connectivity index (χ2v) is 5.91. The molecular weight excluding hydrogens is 405 g/mol. The van der Waals surface area contributed by atoms with E-state index in [0.717, 1.165) is 19.3 Å². The summed E-state index contributed by atoms with van der Waals surface area (Å²) >= 11 is 5.60. The van der Waals surface area contributed by atoms with E-state index >= 15 is 0 Å². The van der Waals surface area contributed by atoms with Crippen molar-refractivity contribution >= 4 is 50.1 Å². The SMILES string of the molecule is O=C(Cc1ccccc1)Nc1ccc(Br)cc1I. The second-order valence-electron chi connectivity index (χ2n) is 3.83. The Kier molecular flexibility index (Phi) is 4.77. The third kappa shape index (κ3) is 3.81. The van der Waals surface area contributed by atoms with Gasteiger partial charge in [0, 0.05) is 8.04 Å². The number of hydrogen-bond donors (Lipinski definition) is 1. The highest BCUT2D eigenvalue weighted by molar-refractivity contribution is 14.1. The molecule has 2 aromatic rings. The molecule has 18 heavy (non-hydrogen) atoms. The van der Waals surface area contributed by atoms with Crippen LogP contribution in [0.25, 0.3) is 0 Å². The quantitative estimate of drug-likeness (QED) is 0.746. The Labute approximate surface area is 128 Å². The fourth-order valence-electron chi connectivity index (χ4n) is 1.57. The van der Waals surface area contributed by atoms with E-state index in [1.165, 1.54) is 0 Å². The monoisotopic (exact) mass is 415 g/mol. The Morgan fingerprint density at radius 2 is 1.89 bits per heavy atom. The van der Waals surface area contributed by atoms with E-state index < -0.39 is 0 Å². The van der Waals surface area contributed by atoms with Gasteiger partial charge in [0.05, 0.1) is 12.1 Å². The molecule has 1 N–H and O–H groups in total. The first kappa shape index (κ1) is 13.5. The zero-order valence-electron chi connectivity index (χ0n) is 9.49. The molecule has 0 atom stereocenters. The summed E-state index contributed by atoms with van der Waals surface area (Å²) in [7, 11) is 0. The van der Waals surface area contributed by atoms with Crippen LogP contribution in [0.2, 0.25) is 0 Å². The molecule has 0 aliphatic heterocycles. The molecular formula is C14H11BrINO. The van der Waals surface area contributed by atoms with Crippen molar-refractivity contribution in [1.82, 2.24) is 0 Å². The van der Waals surface area contributed by atoms with Gasteiger partial charge >= 0.3 is 0 Å². The van der Waals surface area contributed by atoms with Gasteiger partial charge in [-0.25, -0.2) is 0 Å². The predicted octanol–water partition coefficient (Wildman–Crippen LogP) is 4.23. The molecule has 0 spiro atoms. The van der Waals surface area contributed by atoms with E-state index in [1.807, 2.05) is 48.5 Å². The normalized spacial score (nSPS) is 10.1. The average molecular weight is 416 g/mol. The Balaban J connectivity index is 2.03. The third-order valence-electron chi connectivity index (χ3n) is 2.41. The van der Waals surface area contributed by atoms with Gasteiger partial charge in [-0.05, 0) is 46.4 Å². The van der Waals surface area contributed by atoms with Crippen LogP contribution in [0, 0.1) is 3.57 Å². The van der Waals surface area contributed by atoms with Crippen LogP contribution < -0.4 is 5.32 Å². The molecule has 0 aromatic heterocycles. The highest BCUT2D eigenvalue weighted by Crippen LogP contribution is 2.22. The minimum atomic E-state index is 0.00133. The number of amides is 1. The molecule has 2 nitrogen and oxygen atoms in total. The first-order valence-electron chi connectivity index (χ1n) is 5.44. The summed E-state index contributed by atoms with van der Waals surface area (Å²) in [5, 5.41) is 2.92. The lowest BCUT2D eigenvalue weighted by molar-refractivity contribution is -0.115. The molecule has 0 saturated heterocycles. The molecule has 0 aliphatic rings. The van der Waals surface area contributed by atoms with Crippen LogP contribution in [0.15, 0.2) is 53.0 Å². The van der Waals surface area contributed by atoms with E-state index in [0.29, 0.717) is 6.42 Å². The molecule has 2 rings (SSSR count). The Bertz CT molecular complexity index is 557. The Morgan fingerprint density at radius 1 is 1.17 bits per heavy atom. The van der Waals surface area contributed by atoms with E-state index in [1.54, 1.807) is 0 Å². The standard InChI is InChI=1S/C14H11BrINO/c15-11-6-7-13(12(16)9-11)17-14(18)8-10-4-2-1-3-5-10/h1-7,9H,8H2,(H,17,18). The predicted molar refractivity (Wildman–Crippen MR) is 85.6 cm³/mol. The van der Waals surface area contributed by atoms with E-state index in [2.05, 4.69) is 43.8 Å². The molecule has 0 unspecified atom stereocenters. The first-order chi connectivity index (χ1) is 8.65. The minimum Gasteiger partial charge on any atom is -0.325 e. The van der Waals surface area contributed by atoms with Crippen molar-refractivity contribution in [2.24, 2.45) is 0 Å². The number of carbonyl (C=O) groups excluding carboxylic acids is 1. The molecule has 2 aromatic carbocycles. The highest BCUT2D eigenvalue weighted by Gasteiger charge is 2.06. The smallest absolute Gasteiger partial charge is 0.228 e. The van der Waals surface area contributed by atoms with Crippen molar-refractivity contribution in [3.05, 3.63) is 62.1 Å². The molecule has 0 saturated carbocycles. The Morgan fingerprint density at radius 3 is 2.56 bits per heavy atom. The van der Waals surface area contributed by atoms with Gasteiger partial charge in [-0.3, -0.25) is 4.79 Å². The van der Waals surface area contributed by atoms with E-state index in [4.69, 9.17) is 0 Å². The van der Waals surface area contributed by atoms with Gasteiger partial charge in [0.25, 0.3) is 0 Å². The van der Waals surface area contributed by atoms with Crippen molar-refractivity contribution in [3.63, 3.8) is 0 Å². The molecule has 92 valence electrons. The van der Waals surface area contributed by atoms with Gasteiger partial charge in [-0.1, -0.05) is 46.3 Å². The van der Waals surface area contributed by atoms with Gasteiger partial charge in [-0.2, -0.15) is 0 Å². The van der Waals surface area contributed by atoms with Gasteiger partial charge in [-0.15, -0.1) is 0 Å². The summed E-state index contributed by atoms with van der Waals surface area (Å²) < 4.78 is 2.02. The van der Waals surface area contributed by atoms with Crippen LogP contribution in [-0.4, -0.2) is 5.91 Å². The van der Waals surface area contributed by atoms with Gasteiger partial charge in [0.15, 0.2) is 0 Å². The number of carbonyl (C=O) groups is 1. The average Bonchev–Trinajstić information content (AvgIpc) is 2.34. The molecule has 0 fully saturated rings.